The highest BCUT2D eigenvalue weighted by molar-refractivity contribution is 8.13. The second-order valence-corrected chi connectivity index (χ2v) is 6.50. The molecule has 0 fully saturated rings. The van der Waals surface area contributed by atoms with E-state index in [-0.39, 0.29) is 10.9 Å². The van der Waals surface area contributed by atoms with Crippen LogP contribution in [0.5, 0.6) is 0 Å². The Morgan fingerprint density at radius 3 is 2.65 bits per heavy atom. The van der Waals surface area contributed by atoms with Crippen LogP contribution < -0.4 is 5.73 Å². The van der Waals surface area contributed by atoms with E-state index in [2.05, 4.69) is 29.6 Å². The summed E-state index contributed by atoms with van der Waals surface area (Å²) in [6, 6.07) is 4.85. The largest absolute Gasteiger partial charge is 0.368 e. The monoisotopic (exact) mass is 351 g/mol. The van der Waals surface area contributed by atoms with E-state index in [1.54, 1.807) is 0 Å². The molecule has 2 aliphatic rings. The Morgan fingerprint density at radius 1 is 1.22 bits per heavy atom. The predicted molar refractivity (Wildman–Crippen MR) is 87.1 cm³/mol. The summed E-state index contributed by atoms with van der Waals surface area (Å²) in [6.45, 7) is 0. The molecule has 0 aliphatic carbocycles. The Kier molecular flexibility index (Phi) is 4.02. The normalized spacial score (nSPS) is 20.2. The maximum atomic E-state index is 10.9. The zero-order chi connectivity index (χ0) is 16.4. The zero-order valence-corrected chi connectivity index (χ0v) is 12.9. The molecule has 0 spiro atoms. The highest BCUT2D eigenvalue weighted by Crippen LogP contribution is 2.23. The first kappa shape index (κ1) is 15.5. The van der Waals surface area contributed by atoms with Gasteiger partial charge in [0.15, 0.2) is 11.9 Å². The van der Waals surface area contributed by atoms with Crippen molar-refractivity contribution in [2.24, 2.45) is 35.3 Å². The Labute approximate surface area is 134 Å². The van der Waals surface area contributed by atoms with Crippen molar-refractivity contribution in [1.82, 2.24) is 0 Å². The molecule has 0 saturated heterocycles. The molecule has 0 bridgehead atoms. The van der Waals surface area contributed by atoms with Gasteiger partial charge in [-0.2, -0.15) is 13.4 Å². The molecule has 1 aromatic rings. The highest BCUT2D eigenvalue weighted by Gasteiger charge is 2.28. The first-order valence-electron chi connectivity index (χ1n) is 6.11. The van der Waals surface area contributed by atoms with Crippen LogP contribution in [0.4, 0.5) is 5.69 Å². The third-order valence-electron chi connectivity index (χ3n) is 2.76. The molecule has 2 heterocycles. The maximum absolute atomic E-state index is 10.9. The zero-order valence-electron chi connectivity index (χ0n) is 11.3. The Morgan fingerprint density at radius 2 is 1.96 bits per heavy atom. The van der Waals surface area contributed by atoms with Gasteiger partial charge in [0.25, 0.3) is 10.1 Å². The van der Waals surface area contributed by atoms with Crippen molar-refractivity contribution in [2.75, 3.05) is 0 Å². The van der Waals surface area contributed by atoms with Crippen LogP contribution in [0, 0.1) is 0 Å². The van der Waals surface area contributed by atoms with E-state index in [0.717, 1.165) is 11.9 Å². The lowest BCUT2D eigenvalue weighted by Crippen LogP contribution is -2.30. The first-order valence-corrected chi connectivity index (χ1v) is 8.32. The number of fused-ring (bicyclic) bond motifs is 1. The fraction of sp³-hybridized carbons (Fsp3) is 0.0909. The Hall–Kier alpha value is -2.44. The molecule has 0 amide bonds. The van der Waals surface area contributed by atoms with Crippen LogP contribution in [0.2, 0.25) is 0 Å². The fourth-order valence-electron chi connectivity index (χ4n) is 1.74. The van der Waals surface area contributed by atoms with E-state index in [9.17, 15) is 8.42 Å². The summed E-state index contributed by atoms with van der Waals surface area (Å²) < 4.78 is 34.7. The van der Waals surface area contributed by atoms with E-state index in [1.807, 2.05) is 0 Å². The average molecular weight is 351 g/mol. The lowest BCUT2D eigenvalue weighted by atomic mass is 10.3. The van der Waals surface area contributed by atoms with Gasteiger partial charge in [0, 0.05) is 0 Å². The van der Waals surface area contributed by atoms with Crippen molar-refractivity contribution < 1.29 is 13.0 Å². The minimum atomic E-state index is -4.23. The number of benzene rings is 1. The van der Waals surface area contributed by atoms with Gasteiger partial charge in [0.05, 0.1) is 22.5 Å². The van der Waals surface area contributed by atoms with E-state index in [0.29, 0.717) is 16.6 Å². The van der Waals surface area contributed by atoms with Crippen LogP contribution in [-0.2, 0) is 10.1 Å². The van der Waals surface area contributed by atoms with Gasteiger partial charge in [-0.05, 0) is 24.3 Å². The number of hydrogen-bond acceptors (Lipinski definition) is 10. The summed E-state index contributed by atoms with van der Waals surface area (Å²) in [5, 5.41) is 4.41. The number of nitrogens with zero attached hydrogens (tertiary/aromatic N) is 6. The molecule has 3 rings (SSSR count). The maximum Gasteiger partial charge on any atom is 0.294 e. The average Bonchev–Trinajstić information content (AvgIpc) is 2.95. The number of amidine groups is 1. The lowest BCUT2D eigenvalue weighted by molar-refractivity contribution is 0.483. The van der Waals surface area contributed by atoms with Gasteiger partial charge in [-0.3, -0.25) is 9.55 Å². The van der Waals surface area contributed by atoms with Crippen molar-refractivity contribution in [1.29, 1.82) is 0 Å². The second kappa shape index (κ2) is 5.98. The van der Waals surface area contributed by atoms with Gasteiger partial charge >= 0.3 is 0 Å². The lowest BCUT2D eigenvalue weighted by Gasteiger charge is -2.12. The fourth-order valence-corrected chi connectivity index (χ4v) is 2.84. The van der Waals surface area contributed by atoms with Gasteiger partial charge in [0.1, 0.15) is 11.4 Å². The minimum Gasteiger partial charge on any atom is -0.368 e. The van der Waals surface area contributed by atoms with Gasteiger partial charge < -0.3 is 5.73 Å². The van der Waals surface area contributed by atoms with Crippen LogP contribution >= 0.6 is 11.9 Å². The summed E-state index contributed by atoms with van der Waals surface area (Å²) in [5.74, 6) is 0.522. The predicted octanol–water partition coefficient (Wildman–Crippen LogP) is 1.20. The van der Waals surface area contributed by atoms with Gasteiger partial charge in [-0.25, -0.2) is 9.98 Å². The molecule has 1 atom stereocenters. The van der Waals surface area contributed by atoms with Crippen LogP contribution in [0.25, 0.3) is 0 Å². The van der Waals surface area contributed by atoms with E-state index in [1.165, 1.54) is 30.6 Å². The molecule has 118 valence electrons. The quantitative estimate of drug-likeness (QED) is 0.475. The van der Waals surface area contributed by atoms with E-state index in [4.69, 9.17) is 10.3 Å². The summed E-state index contributed by atoms with van der Waals surface area (Å²) in [4.78, 5) is 15.9. The van der Waals surface area contributed by atoms with Gasteiger partial charge in [0.2, 0.25) is 5.96 Å². The molecular weight excluding hydrogens is 342 g/mol. The molecule has 0 radical (unpaired) electrons. The molecule has 1 unspecified atom stereocenters. The molecule has 2 aliphatic heterocycles. The van der Waals surface area contributed by atoms with Crippen LogP contribution in [0.3, 0.4) is 0 Å². The third-order valence-corrected chi connectivity index (χ3v) is 4.30. The number of guanidine groups is 1. The molecule has 10 nitrogen and oxygen atoms in total. The summed E-state index contributed by atoms with van der Waals surface area (Å²) in [7, 11) is -4.23. The van der Waals surface area contributed by atoms with Crippen molar-refractivity contribution in [3.05, 3.63) is 24.3 Å². The number of aliphatic imine (C=N–C) groups is 4. The molecule has 0 saturated carbocycles. The Balaban J connectivity index is 1.71. The van der Waals surface area contributed by atoms with Crippen LogP contribution in [0.1, 0.15) is 0 Å². The van der Waals surface area contributed by atoms with Gasteiger partial charge in [-0.15, -0.1) is 9.63 Å². The second-order valence-electron chi connectivity index (χ2n) is 4.32. The number of rotatable bonds is 3. The SMILES string of the molecule is NC1=NC2=NC=NC2C(SN=Nc2ccc(S(=O)(=O)O)cc2)=N1. The van der Waals surface area contributed by atoms with Crippen molar-refractivity contribution >= 4 is 50.9 Å². The molecule has 23 heavy (non-hydrogen) atoms. The summed E-state index contributed by atoms with van der Waals surface area (Å²) >= 11 is 0.967. The van der Waals surface area contributed by atoms with Crippen molar-refractivity contribution in [3.8, 4) is 0 Å². The summed E-state index contributed by atoms with van der Waals surface area (Å²) in [5.41, 5.74) is 5.99. The van der Waals surface area contributed by atoms with Crippen molar-refractivity contribution in [3.63, 3.8) is 0 Å². The van der Waals surface area contributed by atoms with Crippen LogP contribution in [0.15, 0.2) is 58.8 Å². The molecule has 1 aromatic carbocycles. The molecule has 0 aromatic heterocycles. The highest BCUT2D eigenvalue weighted by atomic mass is 32.2. The van der Waals surface area contributed by atoms with E-state index < -0.39 is 16.2 Å². The minimum absolute atomic E-state index is 0.0701. The van der Waals surface area contributed by atoms with E-state index >= 15 is 0 Å². The summed E-state index contributed by atoms with van der Waals surface area (Å²) in [6.07, 6.45) is 1.38. The smallest absolute Gasteiger partial charge is 0.294 e. The number of nitrogens with two attached hydrogens (primary N) is 1. The topological polar surface area (TPSA) is 155 Å². The number of hydrogen-bond donors (Lipinski definition) is 2. The first-order chi connectivity index (χ1) is 10.9. The standard InChI is InChI=1S/C11H9N7O3S2/c12-11-15-9-8(13-5-14-9)10(16-11)22-18-17-6-1-3-7(4-2-6)23(19,20)21/h1-5,8H,(H,19,20,21)(H2,12,13,14,15). The van der Waals surface area contributed by atoms with Gasteiger partial charge in [-0.1, -0.05) is 0 Å². The Bertz CT molecular complexity index is 885. The molecule has 3 N–H and O–H groups in total. The van der Waals surface area contributed by atoms with Crippen LogP contribution in [-0.4, -0.2) is 42.2 Å². The molecular formula is C11H9N7O3S2. The third kappa shape index (κ3) is 3.49. The van der Waals surface area contributed by atoms with Crippen molar-refractivity contribution in [2.45, 2.75) is 10.9 Å². The molecule has 12 heteroatoms.